The van der Waals surface area contributed by atoms with E-state index < -0.39 is 0 Å². The van der Waals surface area contributed by atoms with Crippen molar-refractivity contribution in [3.05, 3.63) is 12.3 Å². The number of carbonyl (C=O) groups excluding carboxylic acids is 1. The molecule has 15 heavy (non-hydrogen) atoms. The molecule has 1 unspecified atom stereocenters. The second-order valence-corrected chi connectivity index (χ2v) is 4.22. The predicted molar refractivity (Wildman–Crippen MR) is 60.5 cm³/mol. The normalized spacial score (nSPS) is 21.7. The Morgan fingerprint density at radius 2 is 2.20 bits per heavy atom. The molecule has 0 aromatic heterocycles. The average Bonchev–Trinajstić information content (AvgIpc) is 2.19. The fourth-order valence-corrected chi connectivity index (χ4v) is 1.89. The number of ether oxygens (including phenoxy) is 1. The molecule has 0 N–H and O–H groups in total. The third-order valence-corrected chi connectivity index (χ3v) is 2.92. The number of hydrogen-bond acceptors (Lipinski definition) is 2. The van der Waals surface area contributed by atoms with E-state index in [-0.39, 0.29) is 12.1 Å². The van der Waals surface area contributed by atoms with E-state index in [9.17, 15) is 4.79 Å². The van der Waals surface area contributed by atoms with Crippen LogP contribution in [0.1, 0.15) is 45.4 Å². The maximum Gasteiger partial charge on any atom is 0.414 e. The third-order valence-electron chi connectivity index (χ3n) is 2.92. The maximum absolute atomic E-state index is 11.3. The highest BCUT2D eigenvalue weighted by Crippen LogP contribution is 2.23. The molecule has 3 nitrogen and oxygen atoms in total. The summed E-state index contributed by atoms with van der Waals surface area (Å²) in [4.78, 5) is 13.0. The highest BCUT2D eigenvalue weighted by atomic mass is 16.6. The van der Waals surface area contributed by atoms with Crippen molar-refractivity contribution in [3.8, 4) is 0 Å². The summed E-state index contributed by atoms with van der Waals surface area (Å²) in [6.07, 6.45) is 6.55. The van der Waals surface area contributed by atoms with Crippen LogP contribution in [0, 0.1) is 0 Å². The van der Waals surface area contributed by atoms with Crippen molar-refractivity contribution >= 4 is 6.09 Å². The summed E-state index contributed by atoms with van der Waals surface area (Å²) in [5.41, 5.74) is 0. The molecular formula is C12H21NO2. The highest BCUT2D eigenvalue weighted by molar-refractivity contribution is 5.70. The Hall–Kier alpha value is -0.990. The molecule has 1 fully saturated rings. The van der Waals surface area contributed by atoms with E-state index in [1.807, 2.05) is 0 Å². The first-order chi connectivity index (χ1) is 7.15. The number of carbonyl (C=O) groups is 1. The Balaban J connectivity index is 2.32. The zero-order chi connectivity index (χ0) is 11.3. The van der Waals surface area contributed by atoms with E-state index in [2.05, 4.69) is 13.5 Å². The van der Waals surface area contributed by atoms with Gasteiger partial charge in [-0.15, -0.1) is 0 Å². The summed E-state index contributed by atoms with van der Waals surface area (Å²) < 4.78 is 4.95. The minimum atomic E-state index is -0.258. The molecular weight excluding hydrogens is 190 g/mol. The van der Waals surface area contributed by atoms with E-state index in [0.29, 0.717) is 5.76 Å². The summed E-state index contributed by atoms with van der Waals surface area (Å²) in [7, 11) is 1.80. The molecule has 3 heteroatoms. The largest absolute Gasteiger partial charge is 0.415 e. The lowest BCUT2D eigenvalue weighted by Gasteiger charge is -2.32. The van der Waals surface area contributed by atoms with Crippen molar-refractivity contribution in [1.29, 1.82) is 0 Å². The van der Waals surface area contributed by atoms with Gasteiger partial charge in [-0.1, -0.05) is 39.2 Å². The fourth-order valence-electron chi connectivity index (χ4n) is 1.89. The topological polar surface area (TPSA) is 29.5 Å². The number of unbranched alkanes of at least 4 members (excludes halogenated alkanes) is 3. The Morgan fingerprint density at radius 1 is 1.47 bits per heavy atom. The molecule has 0 aromatic carbocycles. The number of nitrogens with zero attached hydrogens (tertiary/aromatic N) is 1. The van der Waals surface area contributed by atoms with Gasteiger partial charge in [0, 0.05) is 19.5 Å². The summed E-state index contributed by atoms with van der Waals surface area (Å²) >= 11 is 0. The van der Waals surface area contributed by atoms with Gasteiger partial charge >= 0.3 is 6.09 Å². The molecule has 0 bridgehead atoms. The second kappa shape index (κ2) is 5.79. The molecule has 0 spiro atoms. The van der Waals surface area contributed by atoms with Crippen LogP contribution >= 0.6 is 0 Å². The van der Waals surface area contributed by atoms with Gasteiger partial charge < -0.3 is 9.64 Å². The third kappa shape index (κ3) is 3.57. The lowest BCUT2D eigenvalue weighted by molar-refractivity contribution is 0.0868. The van der Waals surface area contributed by atoms with Gasteiger partial charge in [-0.05, 0) is 6.42 Å². The Kier molecular flexibility index (Phi) is 4.66. The quantitative estimate of drug-likeness (QED) is 0.653. The molecule has 1 atom stereocenters. The molecule has 86 valence electrons. The number of rotatable bonds is 5. The van der Waals surface area contributed by atoms with Gasteiger partial charge in [0.2, 0.25) is 0 Å². The Morgan fingerprint density at radius 3 is 2.87 bits per heavy atom. The maximum atomic E-state index is 11.3. The first-order valence-corrected chi connectivity index (χ1v) is 5.77. The molecule has 0 aromatic rings. The van der Waals surface area contributed by atoms with Crippen LogP contribution in [0.25, 0.3) is 0 Å². The lowest BCUT2D eigenvalue weighted by Crippen LogP contribution is -2.41. The van der Waals surface area contributed by atoms with E-state index in [4.69, 9.17) is 4.74 Å². The molecule has 1 saturated heterocycles. The van der Waals surface area contributed by atoms with Crippen molar-refractivity contribution in [2.24, 2.45) is 0 Å². The first-order valence-electron chi connectivity index (χ1n) is 5.77. The van der Waals surface area contributed by atoms with Crippen molar-refractivity contribution in [3.63, 3.8) is 0 Å². The lowest BCUT2D eigenvalue weighted by atomic mass is 10.0. The zero-order valence-electron chi connectivity index (χ0n) is 9.79. The molecule has 1 rings (SSSR count). The van der Waals surface area contributed by atoms with Crippen molar-refractivity contribution < 1.29 is 9.53 Å². The van der Waals surface area contributed by atoms with Gasteiger partial charge in [0.25, 0.3) is 0 Å². The fraction of sp³-hybridized carbons (Fsp3) is 0.750. The molecule has 1 amide bonds. The molecule has 1 aliphatic rings. The summed E-state index contributed by atoms with van der Waals surface area (Å²) in [5, 5.41) is 0. The monoisotopic (exact) mass is 211 g/mol. The van der Waals surface area contributed by atoms with Gasteiger partial charge in [0.1, 0.15) is 5.76 Å². The van der Waals surface area contributed by atoms with Crippen LogP contribution in [0.3, 0.4) is 0 Å². The first kappa shape index (κ1) is 12.1. The van der Waals surface area contributed by atoms with Crippen LogP contribution in [0.5, 0.6) is 0 Å². The SMILES string of the molecule is C=C1CC(CCCCCC)N(C)C(=O)O1. The van der Waals surface area contributed by atoms with Crippen LogP contribution in [0.2, 0.25) is 0 Å². The Bertz CT molecular complexity index is 238. The minimum absolute atomic E-state index is 0.258. The average molecular weight is 211 g/mol. The molecule has 1 aliphatic heterocycles. The van der Waals surface area contributed by atoms with Crippen LogP contribution in [-0.2, 0) is 4.74 Å². The van der Waals surface area contributed by atoms with Gasteiger partial charge in [-0.2, -0.15) is 0 Å². The van der Waals surface area contributed by atoms with E-state index >= 15 is 0 Å². The zero-order valence-corrected chi connectivity index (χ0v) is 9.79. The number of amides is 1. The van der Waals surface area contributed by atoms with Crippen molar-refractivity contribution in [2.45, 2.75) is 51.5 Å². The van der Waals surface area contributed by atoms with Crippen LogP contribution in [0.4, 0.5) is 4.79 Å². The standard InChI is InChI=1S/C12H21NO2/c1-4-5-6-7-8-11-9-10(2)15-12(14)13(11)3/h11H,2,4-9H2,1,3H3. The van der Waals surface area contributed by atoms with Gasteiger partial charge in [-0.3, -0.25) is 0 Å². The number of cyclic esters (lactones) is 1. The highest BCUT2D eigenvalue weighted by Gasteiger charge is 2.27. The van der Waals surface area contributed by atoms with Crippen molar-refractivity contribution in [1.82, 2.24) is 4.90 Å². The van der Waals surface area contributed by atoms with Gasteiger partial charge in [0.15, 0.2) is 0 Å². The molecule has 0 radical (unpaired) electrons. The predicted octanol–water partition coefficient (Wildman–Crippen LogP) is 3.31. The van der Waals surface area contributed by atoms with E-state index in [1.165, 1.54) is 25.7 Å². The summed E-state index contributed by atoms with van der Waals surface area (Å²) in [6, 6.07) is 0.288. The minimum Gasteiger partial charge on any atom is -0.415 e. The van der Waals surface area contributed by atoms with Crippen LogP contribution in [0.15, 0.2) is 12.3 Å². The number of hydrogen-bond donors (Lipinski definition) is 0. The van der Waals surface area contributed by atoms with E-state index in [1.54, 1.807) is 11.9 Å². The van der Waals surface area contributed by atoms with Gasteiger partial charge in [0.05, 0.1) is 0 Å². The van der Waals surface area contributed by atoms with Crippen LogP contribution < -0.4 is 0 Å². The second-order valence-electron chi connectivity index (χ2n) is 4.22. The van der Waals surface area contributed by atoms with Crippen LogP contribution in [-0.4, -0.2) is 24.1 Å². The molecule has 0 aliphatic carbocycles. The smallest absolute Gasteiger partial charge is 0.414 e. The van der Waals surface area contributed by atoms with Gasteiger partial charge in [-0.25, -0.2) is 4.79 Å². The molecule has 1 heterocycles. The summed E-state index contributed by atoms with van der Waals surface area (Å²) in [5.74, 6) is 0.610. The Labute approximate surface area is 92.1 Å². The summed E-state index contributed by atoms with van der Waals surface area (Å²) in [6.45, 7) is 5.92. The van der Waals surface area contributed by atoms with Crippen molar-refractivity contribution in [2.75, 3.05) is 7.05 Å². The van der Waals surface area contributed by atoms with E-state index in [0.717, 1.165) is 12.8 Å². The molecule has 0 saturated carbocycles.